The minimum Gasteiger partial charge on any atom is -0.345 e. The van der Waals surface area contributed by atoms with Crippen LogP contribution in [-0.2, 0) is 0 Å². The van der Waals surface area contributed by atoms with Gasteiger partial charge in [0.25, 0.3) is 5.91 Å². The van der Waals surface area contributed by atoms with E-state index in [1.807, 2.05) is 13.0 Å². The average molecular weight is 376 g/mol. The molecule has 2 aromatic heterocycles. The van der Waals surface area contributed by atoms with Crippen molar-refractivity contribution in [1.29, 1.82) is 0 Å². The molecule has 28 heavy (non-hydrogen) atoms. The minimum absolute atomic E-state index is 0.194. The number of H-pyrrole nitrogens is 1. The zero-order valence-corrected chi connectivity index (χ0v) is 15.0. The molecule has 0 radical (unpaired) electrons. The summed E-state index contributed by atoms with van der Waals surface area (Å²) in [6, 6.07) is 14.2. The van der Waals surface area contributed by atoms with Gasteiger partial charge in [-0.1, -0.05) is 12.1 Å². The molecule has 6 nitrogen and oxygen atoms in total. The molecule has 0 saturated heterocycles. The van der Waals surface area contributed by atoms with E-state index in [-0.39, 0.29) is 23.3 Å². The number of amides is 1. The van der Waals surface area contributed by atoms with Crippen molar-refractivity contribution in [3.63, 3.8) is 0 Å². The molecule has 0 saturated carbocycles. The Morgan fingerprint density at radius 3 is 2.64 bits per heavy atom. The van der Waals surface area contributed by atoms with Crippen molar-refractivity contribution in [1.82, 2.24) is 20.1 Å². The van der Waals surface area contributed by atoms with Crippen LogP contribution in [0.4, 0.5) is 4.39 Å². The van der Waals surface area contributed by atoms with E-state index >= 15 is 0 Å². The Morgan fingerprint density at radius 2 is 1.93 bits per heavy atom. The Bertz CT molecular complexity index is 1190. The Balaban J connectivity index is 1.65. The topological polar surface area (TPSA) is 79.8 Å². The molecular formula is C21H17FN4O2. The summed E-state index contributed by atoms with van der Waals surface area (Å²) in [6.45, 7) is 1.84. The predicted molar refractivity (Wildman–Crippen MR) is 104 cm³/mol. The second-order valence-electron chi connectivity index (χ2n) is 6.45. The highest BCUT2D eigenvalue weighted by Crippen LogP contribution is 2.23. The van der Waals surface area contributed by atoms with Crippen LogP contribution in [0.15, 0.2) is 71.8 Å². The van der Waals surface area contributed by atoms with Gasteiger partial charge in [-0.05, 0) is 48.9 Å². The second-order valence-corrected chi connectivity index (χ2v) is 6.45. The fourth-order valence-electron chi connectivity index (χ4n) is 3.09. The summed E-state index contributed by atoms with van der Waals surface area (Å²) in [5, 5.41) is 7.99. The third-order valence-corrected chi connectivity index (χ3v) is 4.59. The molecule has 0 aliphatic heterocycles. The maximum absolute atomic E-state index is 13.2. The molecule has 2 heterocycles. The summed E-state index contributed by atoms with van der Waals surface area (Å²) >= 11 is 0. The minimum atomic E-state index is -0.323. The number of benzene rings is 2. The lowest BCUT2D eigenvalue weighted by atomic mass is 10.1. The summed E-state index contributed by atoms with van der Waals surface area (Å²) in [5.74, 6) is -0.570. The fourth-order valence-corrected chi connectivity index (χ4v) is 3.09. The Morgan fingerprint density at radius 1 is 1.14 bits per heavy atom. The van der Waals surface area contributed by atoms with Crippen molar-refractivity contribution in [2.24, 2.45) is 0 Å². The number of hydrogen-bond donors (Lipinski definition) is 2. The van der Waals surface area contributed by atoms with E-state index in [1.54, 1.807) is 47.4 Å². The summed E-state index contributed by atoms with van der Waals surface area (Å²) in [6.07, 6.45) is 3.21. The first-order valence-corrected chi connectivity index (χ1v) is 8.75. The van der Waals surface area contributed by atoms with Gasteiger partial charge in [0.15, 0.2) is 0 Å². The van der Waals surface area contributed by atoms with Gasteiger partial charge in [-0.2, -0.15) is 5.10 Å². The average Bonchev–Trinajstić information content (AvgIpc) is 3.13. The molecule has 2 aromatic carbocycles. The summed E-state index contributed by atoms with van der Waals surface area (Å²) in [7, 11) is 0. The summed E-state index contributed by atoms with van der Waals surface area (Å²) in [4.78, 5) is 26.6. The zero-order chi connectivity index (χ0) is 19.7. The molecule has 0 fully saturated rings. The van der Waals surface area contributed by atoms with Crippen LogP contribution in [0.25, 0.3) is 16.6 Å². The smallest absolute Gasteiger partial charge is 0.252 e. The van der Waals surface area contributed by atoms with Gasteiger partial charge in [0.1, 0.15) is 5.82 Å². The number of pyridine rings is 1. The number of aromatic amines is 1. The standard InChI is InChI=1S/C21H17FN4O2/c1-13(14-5-10-20(27)23-11-14)25-21(28)17-3-2-4-19-18(17)12-24-26(19)16-8-6-15(22)7-9-16/h2-13H,1H3,(H,23,27)(H,25,28). The molecule has 0 bridgehead atoms. The molecule has 0 aliphatic rings. The molecular weight excluding hydrogens is 359 g/mol. The molecule has 140 valence electrons. The third kappa shape index (κ3) is 3.29. The Hall–Kier alpha value is -3.74. The van der Waals surface area contributed by atoms with Gasteiger partial charge in [0, 0.05) is 17.6 Å². The number of fused-ring (bicyclic) bond motifs is 1. The van der Waals surface area contributed by atoms with Gasteiger partial charge >= 0.3 is 0 Å². The van der Waals surface area contributed by atoms with Crippen LogP contribution in [-0.4, -0.2) is 20.7 Å². The highest BCUT2D eigenvalue weighted by Gasteiger charge is 2.16. The molecule has 1 unspecified atom stereocenters. The van der Waals surface area contributed by atoms with Gasteiger partial charge in [0.05, 0.1) is 29.0 Å². The molecule has 0 aliphatic carbocycles. The van der Waals surface area contributed by atoms with Crippen molar-refractivity contribution < 1.29 is 9.18 Å². The van der Waals surface area contributed by atoms with Crippen LogP contribution in [0.2, 0.25) is 0 Å². The molecule has 4 aromatic rings. The lowest BCUT2D eigenvalue weighted by Crippen LogP contribution is -2.27. The predicted octanol–water partition coefficient (Wildman–Crippen LogP) is 3.34. The van der Waals surface area contributed by atoms with E-state index in [1.165, 1.54) is 18.2 Å². The Kier molecular flexibility index (Phi) is 4.49. The van der Waals surface area contributed by atoms with Crippen LogP contribution in [0.1, 0.15) is 28.9 Å². The highest BCUT2D eigenvalue weighted by molar-refractivity contribution is 6.06. The molecule has 4 rings (SSSR count). The van der Waals surface area contributed by atoms with E-state index in [0.29, 0.717) is 16.6 Å². The number of carbonyl (C=O) groups is 1. The maximum Gasteiger partial charge on any atom is 0.252 e. The first kappa shape index (κ1) is 17.7. The van der Waals surface area contributed by atoms with E-state index in [0.717, 1.165) is 11.1 Å². The molecule has 2 N–H and O–H groups in total. The largest absolute Gasteiger partial charge is 0.345 e. The molecule has 0 spiro atoms. The lowest BCUT2D eigenvalue weighted by molar-refractivity contribution is 0.0941. The van der Waals surface area contributed by atoms with Gasteiger partial charge in [-0.15, -0.1) is 0 Å². The van der Waals surface area contributed by atoms with Crippen LogP contribution in [0.5, 0.6) is 0 Å². The van der Waals surface area contributed by atoms with Crippen molar-refractivity contribution in [3.8, 4) is 5.69 Å². The normalized spacial score (nSPS) is 12.1. The highest BCUT2D eigenvalue weighted by atomic mass is 19.1. The fraction of sp³-hybridized carbons (Fsp3) is 0.0952. The van der Waals surface area contributed by atoms with Gasteiger partial charge in [-0.25, -0.2) is 9.07 Å². The number of hydrogen-bond acceptors (Lipinski definition) is 3. The van der Waals surface area contributed by atoms with Crippen molar-refractivity contribution in [2.45, 2.75) is 13.0 Å². The maximum atomic E-state index is 13.2. The van der Waals surface area contributed by atoms with Crippen LogP contribution in [0.3, 0.4) is 0 Å². The lowest BCUT2D eigenvalue weighted by Gasteiger charge is -2.14. The second kappa shape index (κ2) is 7.11. The molecule has 1 amide bonds. The van der Waals surface area contributed by atoms with Gasteiger partial charge < -0.3 is 10.3 Å². The van der Waals surface area contributed by atoms with Crippen LogP contribution < -0.4 is 10.9 Å². The molecule has 1 atom stereocenters. The summed E-state index contributed by atoms with van der Waals surface area (Å²) in [5.41, 5.74) is 2.54. The first-order chi connectivity index (χ1) is 13.5. The Labute approximate surface area is 159 Å². The van der Waals surface area contributed by atoms with Crippen molar-refractivity contribution >= 4 is 16.8 Å². The quantitative estimate of drug-likeness (QED) is 0.573. The third-order valence-electron chi connectivity index (χ3n) is 4.59. The molecule has 7 heteroatoms. The monoisotopic (exact) mass is 376 g/mol. The number of aromatic nitrogens is 3. The van der Waals surface area contributed by atoms with E-state index in [2.05, 4.69) is 15.4 Å². The number of halogens is 1. The SMILES string of the molecule is CC(NC(=O)c1cccc2c1cnn2-c1ccc(F)cc1)c1ccc(=O)[nH]c1. The first-order valence-electron chi connectivity index (χ1n) is 8.75. The number of nitrogens with zero attached hydrogens (tertiary/aromatic N) is 2. The van der Waals surface area contributed by atoms with E-state index < -0.39 is 0 Å². The van der Waals surface area contributed by atoms with Crippen LogP contribution in [0, 0.1) is 5.82 Å². The van der Waals surface area contributed by atoms with Crippen LogP contribution >= 0.6 is 0 Å². The van der Waals surface area contributed by atoms with Gasteiger partial charge in [0.2, 0.25) is 5.56 Å². The summed E-state index contributed by atoms with van der Waals surface area (Å²) < 4.78 is 14.9. The zero-order valence-electron chi connectivity index (χ0n) is 15.0. The van der Waals surface area contributed by atoms with Crippen molar-refractivity contribution in [2.75, 3.05) is 0 Å². The number of rotatable bonds is 4. The number of nitrogens with one attached hydrogen (secondary N) is 2. The van der Waals surface area contributed by atoms with E-state index in [9.17, 15) is 14.0 Å². The number of carbonyl (C=O) groups excluding carboxylic acids is 1. The van der Waals surface area contributed by atoms with E-state index in [4.69, 9.17) is 0 Å². The van der Waals surface area contributed by atoms with Crippen molar-refractivity contribution in [3.05, 3.63) is 94.3 Å². The van der Waals surface area contributed by atoms with Gasteiger partial charge in [-0.3, -0.25) is 9.59 Å².